The smallest absolute Gasteiger partial charge is 0.175 e. The average molecular weight is 315 g/mol. The minimum absolute atomic E-state index is 0.299. The molecule has 7 heteroatoms. The number of hydrogen-bond acceptors (Lipinski definition) is 7. The lowest BCUT2D eigenvalue weighted by Crippen LogP contribution is -2.44. The number of nitriles is 1. The molecule has 0 aliphatic heterocycles. The maximum Gasteiger partial charge on any atom is 0.175 e. The second kappa shape index (κ2) is 6.93. The maximum atomic E-state index is 9.40. The van der Waals surface area contributed by atoms with Gasteiger partial charge in [-0.25, -0.2) is 0 Å². The molecule has 0 radical (unpaired) electrons. The summed E-state index contributed by atoms with van der Waals surface area (Å²) in [6.45, 7) is 0. The molecule has 1 aliphatic carbocycles. The van der Waals surface area contributed by atoms with E-state index in [9.17, 15) is 5.26 Å². The summed E-state index contributed by atoms with van der Waals surface area (Å²) in [7, 11) is 1.91. The summed E-state index contributed by atoms with van der Waals surface area (Å²) in [5.74, 6) is 1.47. The molecule has 0 aromatic carbocycles. The van der Waals surface area contributed by atoms with Crippen LogP contribution in [0.4, 0.5) is 0 Å². The van der Waals surface area contributed by atoms with Crippen molar-refractivity contribution in [3.8, 4) is 6.07 Å². The second-order valence-corrected chi connectivity index (χ2v) is 7.97. The van der Waals surface area contributed by atoms with Crippen LogP contribution in [0, 0.1) is 17.2 Å². The summed E-state index contributed by atoms with van der Waals surface area (Å²) in [5, 5.41) is 20.9. The van der Waals surface area contributed by atoms with Gasteiger partial charge < -0.3 is 5.32 Å². The second-order valence-electron chi connectivity index (χ2n) is 4.60. The van der Waals surface area contributed by atoms with Crippen LogP contribution in [0.2, 0.25) is 0 Å². The molecule has 1 heterocycles. The lowest BCUT2D eigenvalue weighted by Gasteiger charge is -2.27. The van der Waals surface area contributed by atoms with Crippen molar-refractivity contribution in [2.75, 3.05) is 19.1 Å². The van der Waals surface area contributed by atoms with Gasteiger partial charge in [0.25, 0.3) is 0 Å². The van der Waals surface area contributed by atoms with Crippen molar-refractivity contribution in [1.82, 2.24) is 15.5 Å². The molecule has 104 valence electrons. The SMILES string of the molecule is CNC1(C#N)CCCC1CCSc1nnc(SC)s1. The molecule has 2 unspecified atom stereocenters. The van der Waals surface area contributed by atoms with Crippen molar-refractivity contribution < 1.29 is 0 Å². The van der Waals surface area contributed by atoms with Gasteiger partial charge in [0.15, 0.2) is 8.68 Å². The molecular formula is C12H18N4S3. The lowest BCUT2D eigenvalue weighted by molar-refractivity contribution is 0.332. The molecule has 2 atom stereocenters. The van der Waals surface area contributed by atoms with Crippen molar-refractivity contribution in [1.29, 1.82) is 5.26 Å². The summed E-state index contributed by atoms with van der Waals surface area (Å²) < 4.78 is 2.05. The topological polar surface area (TPSA) is 61.6 Å². The quantitative estimate of drug-likeness (QED) is 0.814. The molecule has 4 nitrogen and oxygen atoms in total. The molecule has 0 spiro atoms. The first kappa shape index (κ1) is 15.1. The van der Waals surface area contributed by atoms with Gasteiger partial charge in [0.05, 0.1) is 6.07 Å². The zero-order valence-corrected chi connectivity index (χ0v) is 13.6. The molecule has 1 saturated carbocycles. The minimum Gasteiger partial charge on any atom is -0.302 e. The average Bonchev–Trinajstić information content (AvgIpc) is 3.06. The van der Waals surface area contributed by atoms with Crippen LogP contribution in [0.5, 0.6) is 0 Å². The monoisotopic (exact) mass is 314 g/mol. The number of hydrogen-bond donors (Lipinski definition) is 1. The van der Waals surface area contributed by atoms with E-state index in [-0.39, 0.29) is 5.54 Å². The largest absolute Gasteiger partial charge is 0.302 e. The van der Waals surface area contributed by atoms with Crippen LogP contribution in [0.15, 0.2) is 8.68 Å². The summed E-state index contributed by atoms with van der Waals surface area (Å²) in [4.78, 5) is 0. The number of nitrogens with zero attached hydrogens (tertiary/aromatic N) is 3. The van der Waals surface area contributed by atoms with Crippen LogP contribution in [0.1, 0.15) is 25.7 Å². The molecule has 1 aromatic rings. The van der Waals surface area contributed by atoms with E-state index >= 15 is 0 Å². The number of rotatable bonds is 6. The molecule has 1 aromatic heterocycles. The highest BCUT2D eigenvalue weighted by Gasteiger charge is 2.41. The van der Waals surface area contributed by atoms with E-state index < -0.39 is 0 Å². The van der Waals surface area contributed by atoms with Gasteiger partial charge in [0.2, 0.25) is 0 Å². The third-order valence-corrected chi connectivity index (χ3v) is 6.79. The Morgan fingerprint density at radius 3 is 2.95 bits per heavy atom. The van der Waals surface area contributed by atoms with Gasteiger partial charge >= 0.3 is 0 Å². The zero-order valence-electron chi connectivity index (χ0n) is 11.2. The van der Waals surface area contributed by atoms with Crippen LogP contribution in [-0.2, 0) is 0 Å². The molecule has 1 fully saturated rings. The standard InChI is InChI=1S/C12H18N4S3/c1-14-12(8-13)6-3-4-9(12)5-7-18-11-16-15-10(17-2)19-11/h9,14H,3-7H2,1-2H3. The summed E-state index contributed by atoms with van der Waals surface area (Å²) >= 11 is 5.04. The fourth-order valence-corrected chi connectivity index (χ4v) is 5.19. The predicted octanol–water partition coefficient (Wildman–Crippen LogP) is 3.02. The van der Waals surface area contributed by atoms with Gasteiger partial charge in [-0.15, -0.1) is 10.2 Å². The Hall–Kier alpha value is -0.290. The molecule has 0 bridgehead atoms. The highest BCUT2D eigenvalue weighted by molar-refractivity contribution is 8.02. The van der Waals surface area contributed by atoms with Crippen molar-refractivity contribution >= 4 is 34.9 Å². The molecule has 2 rings (SSSR count). The minimum atomic E-state index is -0.299. The predicted molar refractivity (Wildman–Crippen MR) is 81.8 cm³/mol. The molecule has 1 N–H and O–H groups in total. The Labute approximate surface area is 126 Å². The lowest BCUT2D eigenvalue weighted by atomic mass is 9.87. The maximum absolute atomic E-state index is 9.40. The van der Waals surface area contributed by atoms with Gasteiger partial charge in [-0.2, -0.15) is 5.26 Å². The van der Waals surface area contributed by atoms with E-state index in [4.69, 9.17) is 0 Å². The fraction of sp³-hybridized carbons (Fsp3) is 0.750. The van der Waals surface area contributed by atoms with Crippen molar-refractivity contribution in [3.63, 3.8) is 0 Å². The van der Waals surface area contributed by atoms with Crippen LogP contribution >= 0.6 is 34.9 Å². The Morgan fingerprint density at radius 2 is 2.32 bits per heavy atom. The highest BCUT2D eigenvalue weighted by atomic mass is 32.2. The van der Waals surface area contributed by atoms with Gasteiger partial charge in [-0.3, -0.25) is 0 Å². The number of aromatic nitrogens is 2. The Morgan fingerprint density at radius 1 is 1.53 bits per heavy atom. The number of thioether (sulfide) groups is 2. The van der Waals surface area contributed by atoms with E-state index in [0.717, 1.165) is 40.1 Å². The van der Waals surface area contributed by atoms with Crippen LogP contribution < -0.4 is 5.32 Å². The van der Waals surface area contributed by atoms with Gasteiger partial charge in [-0.05, 0) is 38.5 Å². The highest BCUT2D eigenvalue weighted by Crippen LogP contribution is 2.38. The van der Waals surface area contributed by atoms with Crippen molar-refractivity contribution in [3.05, 3.63) is 0 Å². The Kier molecular flexibility index (Phi) is 5.51. The van der Waals surface area contributed by atoms with Gasteiger partial charge in [-0.1, -0.05) is 41.3 Å². The van der Waals surface area contributed by atoms with Gasteiger partial charge in [0.1, 0.15) is 5.54 Å². The van der Waals surface area contributed by atoms with E-state index in [1.807, 2.05) is 13.3 Å². The first-order valence-corrected chi connectivity index (χ1v) is 9.37. The third-order valence-electron chi connectivity index (χ3n) is 3.72. The first-order valence-electron chi connectivity index (χ1n) is 6.34. The van der Waals surface area contributed by atoms with Crippen LogP contribution in [0.25, 0.3) is 0 Å². The van der Waals surface area contributed by atoms with E-state index in [0.29, 0.717) is 5.92 Å². The number of nitrogens with one attached hydrogen (secondary N) is 1. The summed E-state index contributed by atoms with van der Waals surface area (Å²) in [6, 6.07) is 2.49. The summed E-state index contributed by atoms with van der Waals surface area (Å²) in [5.41, 5.74) is -0.299. The summed E-state index contributed by atoms with van der Waals surface area (Å²) in [6.07, 6.45) is 6.36. The Bertz CT molecular complexity index is 456. The van der Waals surface area contributed by atoms with Crippen molar-refractivity contribution in [2.24, 2.45) is 5.92 Å². The van der Waals surface area contributed by atoms with Crippen LogP contribution in [-0.4, -0.2) is 34.8 Å². The molecule has 19 heavy (non-hydrogen) atoms. The molecular weight excluding hydrogens is 296 g/mol. The molecule has 1 aliphatic rings. The van der Waals surface area contributed by atoms with Crippen LogP contribution in [0.3, 0.4) is 0 Å². The molecule has 0 amide bonds. The molecule has 0 saturated heterocycles. The Balaban J connectivity index is 1.84. The normalized spacial score (nSPS) is 26.5. The van der Waals surface area contributed by atoms with E-state index in [1.54, 1.807) is 34.9 Å². The van der Waals surface area contributed by atoms with Crippen molar-refractivity contribution in [2.45, 2.75) is 39.9 Å². The third kappa shape index (κ3) is 3.43. The fourth-order valence-electron chi connectivity index (χ4n) is 2.63. The zero-order chi connectivity index (χ0) is 13.7. The van der Waals surface area contributed by atoms with E-state index in [2.05, 4.69) is 21.6 Å². The first-order chi connectivity index (χ1) is 9.24. The van der Waals surface area contributed by atoms with Gasteiger partial charge in [0, 0.05) is 5.75 Å². The van der Waals surface area contributed by atoms with E-state index in [1.165, 1.54) is 0 Å².